The van der Waals surface area contributed by atoms with Gasteiger partial charge in [0.25, 0.3) is 5.56 Å². The number of halogens is 3. The van der Waals surface area contributed by atoms with Crippen LogP contribution < -0.4 is 16.6 Å². The number of rotatable bonds is 6. The van der Waals surface area contributed by atoms with Crippen LogP contribution in [0.1, 0.15) is 5.56 Å². The maximum atomic E-state index is 11.8. The molecule has 0 bridgehead atoms. The Morgan fingerprint density at radius 2 is 1.95 bits per heavy atom. The second kappa shape index (κ2) is 6.71. The first-order chi connectivity index (χ1) is 9.22. The van der Waals surface area contributed by atoms with Crippen molar-refractivity contribution in [2.24, 2.45) is 14.1 Å². The fourth-order valence-electron chi connectivity index (χ4n) is 1.56. The van der Waals surface area contributed by atoms with E-state index in [1.54, 1.807) is 0 Å². The molecule has 9 heteroatoms. The van der Waals surface area contributed by atoms with E-state index in [2.05, 4.69) is 10.1 Å². The quantitative estimate of drug-likeness (QED) is 0.735. The maximum Gasteiger partial charge on any atom is 0.411 e. The molecule has 1 rings (SSSR count). The van der Waals surface area contributed by atoms with Gasteiger partial charge in [-0.2, -0.15) is 13.2 Å². The lowest BCUT2D eigenvalue weighted by Gasteiger charge is -2.09. The molecule has 0 unspecified atom stereocenters. The number of hydrogen-bond donors (Lipinski definition) is 1. The number of nitrogens with zero attached hydrogens (tertiary/aromatic N) is 2. The molecule has 20 heavy (non-hydrogen) atoms. The molecular weight excluding hydrogens is 279 g/mol. The Hall–Kier alpha value is -1.61. The number of aromatic nitrogens is 2. The van der Waals surface area contributed by atoms with Crippen LogP contribution in [-0.4, -0.2) is 35.1 Å². The Morgan fingerprint density at radius 3 is 2.55 bits per heavy atom. The molecule has 0 amide bonds. The van der Waals surface area contributed by atoms with Crippen LogP contribution >= 0.6 is 0 Å². The smallest absolute Gasteiger partial charge is 0.371 e. The van der Waals surface area contributed by atoms with E-state index in [0.29, 0.717) is 5.56 Å². The van der Waals surface area contributed by atoms with Gasteiger partial charge in [-0.05, 0) is 0 Å². The van der Waals surface area contributed by atoms with Gasteiger partial charge in [0.15, 0.2) is 0 Å². The van der Waals surface area contributed by atoms with Gasteiger partial charge in [-0.15, -0.1) is 0 Å². The van der Waals surface area contributed by atoms with Gasteiger partial charge in [0.1, 0.15) is 6.61 Å². The van der Waals surface area contributed by atoms with E-state index in [-0.39, 0.29) is 19.7 Å². The average molecular weight is 295 g/mol. The van der Waals surface area contributed by atoms with E-state index < -0.39 is 24.0 Å². The average Bonchev–Trinajstić information content (AvgIpc) is 2.35. The van der Waals surface area contributed by atoms with Crippen LogP contribution in [0.5, 0.6) is 0 Å². The van der Waals surface area contributed by atoms with Crippen LogP contribution in [0.25, 0.3) is 0 Å². The van der Waals surface area contributed by atoms with E-state index in [0.717, 1.165) is 4.57 Å². The van der Waals surface area contributed by atoms with Crippen LogP contribution in [-0.2, 0) is 25.4 Å². The highest BCUT2D eigenvalue weighted by atomic mass is 19.4. The van der Waals surface area contributed by atoms with Gasteiger partial charge < -0.3 is 14.6 Å². The third-order valence-electron chi connectivity index (χ3n) is 2.52. The Bertz CT molecular complexity index is 563. The first kappa shape index (κ1) is 16.4. The second-order valence-corrected chi connectivity index (χ2v) is 4.26. The summed E-state index contributed by atoms with van der Waals surface area (Å²) in [4.78, 5) is 23.2. The van der Waals surface area contributed by atoms with E-state index in [9.17, 15) is 22.8 Å². The van der Waals surface area contributed by atoms with E-state index in [1.165, 1.54) is 24.9 Å². The van der Waals surface area contributed by atoms with Crippen LogP contribution in [0, 0.1) is 0 Å². The van der Waals surface area contributed by atoms with Gasteiger partial charge in [-0.1, -0.05) is 0 Å². The lowest BCUT2D eigenvalue weighted by atomic mass is 10.3. The van der Waals surface area contributed by atoms with Crippen molar-refractivity contribution in [3.05, 3.63) is 32.6 Å². The summed E-state index contributed by atoms with van der Waals surface area (Å²) in [5, 5.41) is 2.78. The van der Waals surface area contributed by atoms with Crippen LogP contribution in [0.3, 0.4) is 0 Å². The molecule has 0 atom stereocenters. The van der Waals surface area contributed by atoms with Crippen molar-refractivity contribution < 1.29 is 17.9 Å². The second-order valence-electron chi connectivity index (χ2n) is 4.26. The molecule has 0 fully saturated rings. The first-order valence-corrected chi connectivity index (χ1v) is 5.83. The van der Waals surface area contributed by atoms with Crippen molar-refractivity contribution >= 4 is 0 Å². The maximum absolute atomic E-state index is 11.8. The number of alkyl halides is 3. The molecule has 114 valence electrons. The third kappa shape index (κ3) is 4.82. The normalized spacial score (nSPS) is 11.8. The van der Waals surface area contributed by atoms with Crippen LogP contribution in [0.4, 0.5) is 13.2 Å². The van der Waals surface area contributed by atoms with Crippen molar-refractivity contribution in [3.8, 4) is 0 Å². The van der Waals surface area contributed by atoms with Crippen LogP contribution in [0.15, 0.2) is 15.8 Å². The summed E-state index contributed by atoms with van der Waals surface area (Å²) in [5.74, 6) is 0. The molecule has 1 aromatic rings. The zero-order valence-electron chi connectivity index (χ0n) is 11.2. The monoisotopic (exact) mass is 295 g/mol. The fraction of sp³-hybridized carbons (Fsp3) is 0.636. The summed E-state index contributed by atoms with van der Waals surface area (Å²) in [7, 11) is 2.87. The van der Waals surface area contributed by atoms with Gasteiger partial charge in [0.05, 0.1) is 6.61 Å². The van der Waals surface area contributed by atoms with Crippen molar-refractivity contribution in [2.75, 3.05) is 19.8 Å². The molecular formula is C11H16F3N3O3. The summed E-state index contributed by atoms with van der Waals surface area (Å²) < 4.78 is 42.0. The molecule has 1 aromatic heterocycles. The van der Waals surface area contributed by atoms with Gasteiger partial charge >= 0.3 is 11.9 Å². The molecule has 6 nitrogen and oxygen atoms in total. The Labute approximate surface area is 112 Å². The van der Waals surface area contributed by atoms with Crippen molar-refractivity contribution in [2.45, 2.75) is 12.7 Å². The molecule has 1 N–H and O–H groups in total. The minimum Gasteiger partial charge on any atom is -0.371 e. The third-order valence-corrected chi connectivity index (χ3v) is 2.52. The standard InChI is InChI=1S/C11H16F3N3O3/c1-16-6-8(9(18)17(2)10(16)19)5-15-3-4-20-7-11(12,13)14/h6,15H,3-5,7H2,1-2H3. The summed E-state index contributed by atoms with van der Waals surface area (Å²) in [6, 6.07) is 0. The molecule has 0 aliphatic rings. The number of hydrogen-bond acceptors (Lipinski definition) is 4. The Balaban J connectivity index is 2.44. The topological polar surface area (TPSA) is 65.3 Å². The zero-order chi connectivity index (χ0) is 15.3. The SMILES string of the molecule is Cn1cc(CNCCOCC(F)(F)F)c(=O)n(C)c1=O. The molecule has 0 aromatic carbocycles. The van der Waals surface area contributed by atoms with Gasteiger partial charge in [0.2, 0.25) is 0 Å². The van der Waals surface area contributed by atoms with Crippen molar-refractivity contribution in [1.29, 1.82) is 0 Å². The van der Waals surface area contributed by atoms with Crippen molar-refractivity contribution in [1.82, 2.24) is 14.5 Å². The molecule has 1 heterocycles. The fourth-order valence-corrected chi connectivity index (χ4v) is 1.56. The zero-order valence-corrected chi connectivity index (χ0v) is 11.2. The Kier molecular flexibility index (Phi) is 5.52. The van der Waals surface area contributed by atoms with E-state index in [4.69, 9.17) is 0 Å². The van der Waals surface area contributed by atoms with E-state index in [1.807, 2.05) is 0 Å². The van der Waals surface area contributed by atoms with Crippen LogP contribution in [0.2, 0.25) is 0 Å². The first-order valence-electron chi connectivity index (χ1n) is 5.83. The highest BCUT2D eigenvalue weighted by Gasteiger charge is 2.27. The predicted molar refractivity (Wildman–Crippen MR) is 65.5 cm³/mol. The molecule has 0 spiro atoms. The highest BCUT2D eigenvalue weighted by molar-refractivity contribution is 5.05. The lowest BCUT2D eigenvalue weighted by Crippen LogP contribution is -2.39. The molecule has 0 radical (unpaired) electrons. The van der Waals surface area contributed by atoms with E-state index >= 15 is 0 Å². The molecule has 0 saturated heterocycles. The van der Waals surface area contributed by atoms with Crippen molar-refractivity contribution in [3.63, 3.8) is 0 Å². The van der Waals surface area contributed by atoms with Gasteiger partial charge in [0, 0.05) is 38.9 Å². The summed E-state index contributed by atoms with van der Waals surface area (Å²) in [5.41, 5.74) is -0.519. The molecule has 0 saturated carbocycles. The van der Waals surface area contributed by atoms with Gasteiger partial charge in [-0.3, -0.25) is 9.36 Å². The minimum atomic E-state index is -4.34. The van der Waals surface area contributed by atoms with Gasteiger partial charge in [-0.25, -0.2) is 4.79 Å². The Morgan fingerprint density at radius 1 is 1.30 bits per heavy atom. The highest BCUT2D eigenvalue weighted by Crippen LogP contribution is 2.13. The lowest BCUT2D eigenvalue weighted by molar-refractivity contribution is -0.173. The summed E-state index contributed by atoms with van der Waals surface area (Å²) in [6.45, 7) is -1.10. The summed E-state index contributed by atoms with van der Waals surface area (Å²) >= 11 is 0. The summed E-state index contributed by atoms with van der Waals surface area (Å²) in [6.07, 6.45) is -2.94. The largest absolute Gasteiger partial charge is 0.411 e. The molecule has 0 aliphatic carbocycles. The number of aryl methyl sites for hydroxylation is 1. The number of nitrogens with one attached hydrogen (secondary N) is 1. The number of ether oxygens (including phenoxy) is 1. The predicted octanol–water partition coefficient (Wildman–Crippen LogP) is -0.247. The minimum absolute atomic E-state index is 0.119. The molecule has 0 aliphatic heterocycles.